The quantitative estimate of drug-likeness (QED) is 0.764. The third-order valence-corrected chi connectivity index (χ3v) is 7.41. The second-order valence-electron chi connectivity index (χ2n) is 8.42. The average Bonchev–Trinajstić information content (AvgIpc) is 3.09. The molecule has 3 rings (SSSR count). The molecule has 1 saturated carbocycles. The van der Waals surface area contributed by atoms with E-state index in [0.717, 1.165) is 31.5 Å². The number of anilines is 1. The van der Waals surface area contributed by atoms with Crippen LogP contribution in [0, 0.1) is 11.7 Å². The molecule has 1 aromatic heterocycles. The van der Waals surface area contributed by atoms with Crippen LogP contribution >= 0.6 is 0 Å². The fourth-order valence-electron chi connectivity index (χ4n) is 3.34. The highest BCUT2D eigenvalue weighted by molar-refractivity contribution is 7.90. The summed E-state index contributed by atoms with van der Waals surface area (Å²) in [5.41, 5.74) is 0.422. The first-order valence-corrected chi connectivity index (χ1v) is 11.2. The first-order valence-electron chi connectivity index (χ1n) is 9.72. The molecular formula is C20H29FN4O2S. The summed E-state index contributed by atoms with van der Waals surface area (Å²) in [7, 11) is -3.30. The molecule has 1 heterocycles. The van der Waals surface area contributed by atoms with E-state index in [9.17, 15) is 12.8 Å². The minimum Gasteiger partial charge on any atom is -0.366 e. The number of rotatable bonds is 6. The number of nitrogens with zero attached hydrogens (tertiary/aromatic N) is 2. The maximum Gasteiger partial charge on any atom is 0.216 e. The Morgan fingerprint density at radius 2 is 1.82 bits per heavy atom. The summed E-state index contributed by atoms with van der Waals surface area (Å²) in [4.78, 5) is 0. The Hall–Kier alpha value is -1.93. The summed E-state index contributed by atoms with van der Waals surface area (Å²) in [6.45, 7) is 5.61. The van der Waals surface area contributed by atoms with Gasteiger partial charge in [0.2, 0.25) is 10.0 Å². The van der Waals surface area contributed by atoms with Crippen LogP contribution in [-0.4, -0.2) is 35.5 Å². The van der Waals surface area contributed by atoms with Crippen molar-refractivity contribution >= 4 is 15.8 Å². The van der Waals surface area contributed by atoms with Gasteiger partial charge in [-0.15, -0.1) is 0 Å². The zero-order valence-electron chi connectivity index (χ0n) is 16.7. The summed E-state index contributed by atoms with van der Waals surface area (Å²) >= 11 is 0. The standard InChI is InChI=1S/C20H29FN4O2S/c1-20(2,3)28(26,27)22-14-15-8-10-16(11-9-15)23-19-12-13-25(24-19)18-7-5-4-6-17(18)21/h4-7,12-13,15-16,22H,8-11,14H2,1-3H3,(H,23,24)/t15-,16-. The van der Waals surface area contributed by atoms with Crippen LogP contribution in [0.1, 0.15) is 46.5 Å². The van der Waals surface area contributed by atoms with Gasteiger partial charge in [-0.1, -0.05) is 12.1 Å². The van der Waals surface area contributed by atoms with Gasteiger partial charge in [0.25, 0.3) is 0 Å². The van der Waals surface area contributed by atoms with Crippen LogP contribution in [-0.2, 0) is 10.0 Å². The minimum absolute atomic E-state index is 0.291. The Morgan fingerprint density at radius 1 is 1.14 bits per heavy atom. The highest BCUT2D eigenvalue weighted by atomic mass is 32.2. The molecule has 1 aliphatic carbocycles. The van der Waals surface area contributed by atoms with E-state index in [2.05, 4.69) is 15.1 Å². The number of benzene rings is 1. The van der Waals surface area contributed by atoms with Crippen molar-refractivity contribution in [1.29, 1.82) is 0 Å². The summed E-state index contributed by atoms with van der Waals surface area (Å²) in [5, 5.41) is 7.84. The van der Waals surface area contributed by atoms with Gasteiger partial charge in [-0.05, 0) is 64.5 Å². The van der Waals surface area contributed by atoms with Gasteiger partial charge < -0.3 is 5.32 Å². The lowest BCUT2D eigenvalue weighted by Gasteiger charge is -2.30. The molecule has 0 aliphatic heterocycles. The molecule has 1 aliphatic rings. The Bertz CT molecular complexity index is 897. The number of hydrogen-bond donors (Lipinski definition) is 2. The molecule has 8 heteroatoms. The lowest BCUT2D eigenvalue weighted by molar-refractivity contribution is 0.336. The van der Waals surface area contributed by atoms with Crippen LogP contribution in [0.4, 0.5) is 10.2 Å². The fourth-order valence-corrected chi connectivity index (χ4v) is 4.22. The van der Waals surface area contributed by atoms with Gasteiger partial charge >= 0.3 is 0 Å². The molecule has 0 atom stereocenters. The number of sulfonamides is 1. The van der Waals surface area contributed by atoms with Crippen molar-refractivity contribution in [2.45, 2.75) is 57.2 Å². The molecule has 0 spiro atoms. The van der Waals surface area contributed by atoms with Gasteiger partial charge in [0, 0.05) is 24.8 Å². The SMILES string of the molecule is CC(C)(C)S(=O)(=O)NC[C@H]1CC[C@H](Nc2ccn(-c3ccccc3F)n2)CC1. The average molecular weight is 409 g/mol. The molecule has 0 unspecified atom stereocenters. The predicted octanol–water partition coefficient (Wildman–Crippen LogP) is 3.70. The van der Waals surface area contributed by atoms with Crippen LogP contribution in [0.5, 0.6) is 0 Å². The minimum atomic E-state index is -3.30. The van der Waals surface area contributed by atoms with Crippen molar-refractivity contribution in [3.8, 4) is 5.69 Å². The smallest absolute Gasteiger partial charge is 0.216 e. The highest BCUT2D eigenvalue weighted by Gasteiger charge is 2.30. The van der Waals surface area contributed by atoms with Crippen molar-refractivity contribution < 1.29 is 12.8 Å². The third kappa shape index (κ3) is 4.91. The number of para-hydroxylation sites is 1. The first kappa shape index (κ1) is 20.8. The molecule has 1 fully saturated rings. The third-order valence-electron chi connectivity index (χ3n) is 5.26. The fraction of sp³-hybridized carbons (Fsp3) is 0.550. The number of aromatic nitrogens is 2. The van der Waals surface area contributed by atoms with Crippen LogP contribution in [0.15, 0.2) is 36.5 Å². The predicted molar refractivity (Wildman–Crippen MR) is 110 cm³/mol. The lowest BCUT2D eigenvalue weighted by atomic mass is 9.86. The Kier molecular flexibility index (Phi) is 6.09. The summed E-state index contributed by atoms with van der Waals surface area (Å²) in [5.74, 6) is 0.765. The molecule has 154 valence electrons. The van der Waals surface area contributed by atoms with Crippen LogP contribution < -0.4 is 10.0 Å². The van der Waals surface area contributed by atoms with E-state index < -0.39 is 14.8 Å². The van der Waals surface area contributed by atoms with Crippen LogP contribution in [0.3, 0.4) is 0 Å². The van der Waals surface area contributed by atoms with Gasteiger partial charge in [0.05, 0.1) is 4.75 Å². The molecule has 2 N–H and O–H groups in total. The normalized spacial score (nSPS) is 20.9. The van der Waals surface area contributed by atoms with Gasteiger partial charge in [-0.3, -0.25) is 0 Å². The molecule has 0 radical (unpaired) electrons. The van der Waals surface area contributed by atoms with Crippen molar-refractivity contribution in [1.82, 2.24) is 14.5 Å². The Morgan fingerprint density at radius 3 is 2.46 bits per heavy atom. The number of nitrogens with one attached hydrogen (secondary N) is 2. The van der Waals surface area contributed by atoms with Gasteiger partial charge in [-0.2, -0.15) is 5.10 Å². The van der Waals surface area contributed by atoms with Crippen molar-refractivity contribution in [3.63, 3.8) is 0 Å². The summed E-state index contributed by atoms with van der Waals surface area (Å²) in [6.07, 6.45) is 5.56. The Labute approximate surface area is 166 Å². The lowest BCUT2D eigenvalue weighted by Crippen LogP contribution is -2.42. The molecule has 0 amide bonds. The van der Waals surface area contributed by atoms with Crippen molar-refractivity contribution in [2.24, 2.45) is 5.92 Å². The molecule has 2 aromatic rings. The van der Waals surface area contributed by atoms with Crippen molar-refractivity contribution in [3.05, 3.63) is 42.3 Å². The molecule has 0 bridgehead atoms. The molecule has 6 nitrogen and oxygen atoms in total. The second-order valence-corrected chi connectivity index (χ2v) is 10.9. The van der Waals surface area contributed by atoms with E-state index in [-0.39, 0.29) is 5.82 Å². The zero-order valence-corrected chi connectivity index (χ0v) is 17.5. The maximum absolute atomic E-state index is 13.9. The number of hydrogen-bond acceptors (Lipinski definition) is 4. The van der Waals surface area contributed by atoms with Gasteiger partial charge in [0.1, 0.15) is 17.3 Å². The van der Waals surface area contributed by atoms with E-state index in [1.54, 1.807) is 45.2 Å². The Balaban J connectivity index is 1.50. The number of halogens is 1. The van der Waals surface area contributed by atoms with Crippen LogP contribution in [0.2, 0.25) is 0 Å². The van der Waals surface area contributed by atoms with E-state index in [4.69, 9.17) is 0 Å². The summed E-state index contributed by atoms with van der Waals surface area (Å²) in [6, 6.07) is 8.68. The van der Waals surface area contributed by atoms with Gasteiger partial charge in [-0.25, -0.2) is 22.2 Å². The first-order chi connectivity index (χ1) is 13.2. The largest absolute Gasteiger partial charge is 0.366 e. The monoisotopic (exact) mass is 408 g/mol. The second kappa shape index (κ2) is 8.21. The zero-order chi connectivity index (χ0) is 20.4. The molecule has 0 saturated heterocycles. The van der Waals surface area contributed by atoms with Crippen molar-refractivity contribution in [2.75, 3.05) is 11.9 Å². The van der Waals surface area contributed by atoms with E-state index in [1.807, 2.05) is 6.07 Å². The van der Waals surface area contributed by atoms with E-state index in [0.29, 0.717) is 24.2 Å². The van der Waals surface area contributed by atoms with E-state index >= 15 is 0 Å². The molecular weight excluding hydrogens is 379 g/mol. The molecule has 28 heavy (non-hydrogen) atoms. The maximum atomic E-state index is 13.9. The molecule has 1 aromatic carbocycles. The topological polar surface area (TPSA) is 76.0 Å². The van der Waals surface area contributed by atoms with Gasteiger partial charge in [0.15, 0.2) is 0 Å². The van der Waals surface area contributed by atoms with E-state index in [1.165, 1.54) is 10.7 Å². The highest BCUT2D eigenvalue weighted by Crippen LogP contribution is 2.27. The van der Waals surface area contributed by atoms with Crippen LogP contribution in [0.25, 0.3) is 5.69 Å². The summed E-state index contributed by atoms with van der Waals surface area (Å²) < 4.78 is 41.8.